The van der Waals surface area contributed by atoms with Gasteiger partial charge in [-0.05, 0) is 66.6 Å². The lowest BCUT2D eigenvalue weighted by atomic mass is 10.0. The molecule has 0 aliphatic heterocycles. The van der Waals surface area contributed by atoms with Crippen molar-refractivity contribution >= 4 is 59.0 Å². The van der Waals surface area contributed by atoms with E-state index in [4.69, 9.17) is 4.98 Å². The molecule has 0 radical (unpaired) electrons. The zero-order chi connectivity index (χ0) is 27.3. The molecule has 0 fully saturated rings. The van der Waals surface area contributed by atoms with Crippen LogP contribution in [0.15, 0.2) is 83.8 Å². The van der Waals surface area contributed by atoms with Crippen LogP contribution >= 0.6 is 22.7 Å². The fourth-order valence-electron chi connectivity index (χ4n) is 4.38. The molecule has 0 unspecified atom stereocenters. The Morgan fingerprint density at radius 1 is 0.850 bits per heavy atom. The van der Waals surface area contributed by atoms with Crippen LogP contribution in [0.4, 0.5) is 4.39 Å². The van der Waals surface area contributed by atoms with Crippen molar-refractivity contribution in [1.82, 2.24) is 16.1 Å². The number of thiazole rings is 2. The van der Waals surface area contributed by atoms with Crippen molar-refractivity contribution in [2.75, 3.05) is 0 Å². The lowest BCUT2D eigenvalue weighted by Crippen LogP contribution is -2.03. The van der Waals surface area contributed by atoms with Gasteiger partial charge in [0.25, 0.3) is 10.1 Å². The van der Waals surface area contributed by atoms with Crippen molar-refractivity contribution in [3.63, 3.8) is 0 Å². The summed E-state index contributed by atoms with van der Waals surface area (Å²) in [7, 11) is -4.39. The molecule has 40 heavy (non-hydrogen) atoms. The van der Waals surface area contributed by atoms with Gasteiger partial charge >= 0.3 is 0 Å². The van der Waals surface area contributed by atoms with Crippen LogP contribution in [0.2, 0.25) is 0 Å². The van der Waals surface area contributed by atoms with Crippen LogP contribution in [-0.4, -0.2) is 28.7 Å². The molecule has 0 amide bonds. The number of nitrogens with zero attached hydrogens (tertiary/aromatic N) is 2. The van der Waals surface area contributed by atoms with E-state index in [2.05, 4.69) is 4.98 Å². The number of carbonyl (C=O) groups excluding carboxylic acids is 1. The summed E-state index contributed by atoms with van der Waals surface area (Å²) in [5, 5.41) is 1.47. The molecule has 7 nitrogen and oxygen atoms in total. The third-order valence-corrected chi connectivity index (χ3v) is 9.71. The van der Waals surface area contributed by atoms with E-state index in [9.17, 15) is 22.2 Å². The minimum atomic E-state index is -4.39. The quantitative estimate of drug-likeness (QED) is 0.151. The second-order valence-corrected chi connectivity index (χ2v) is 12.4. The van der Waals surface area contributed by atoms with Gasteiger partial charge in [0.1, 0.15) is 20.7 Å². The van der Waals surface area contributed by atoms with Crippen molar-refractivity contribution < 1.29 is 22.2 Å². The summed E-state index contributed by atoms with van der Waals surface area (Å²) in [6.07, 6.45) is 0.218. The second kappa shape index (κ2) is 10.6. The second-order valence-electron chi connectivity index (χ2n) is 9.06. The smallest absolute Gasteiger partial charge is 0.296 e. The maximum atomic E-state index is 13.1. The first kappa shape index (κ1) is 27.7. The van der Waals surface area contributed by atoms with Gasteiger partial charge in [-0.15, -0.1) is 22.7 Å². The number of ketones is 1. The number of hydrogen-bond acceptors (Lipinski definition) is 8. The van der Waals surface area contributed by atoms with Gasteiger partial charge in [-0.1, -0.05) is 30.3 Å². The molecule has 0 aliphatic rings. The molecule has 6 aromatic rings. The van der Waals surface area contributed by atoms with Gasteiger partial charge in [-0.25, -0.2) is 14.4 Å². The molecular formula is C29H22FN3O4S3. The first-order valence-corrected chi connectivity index (χ1v) is 14.9. The van der Waals surface area contributed by atoms with E-state index in [0.717, 1.165) is 31.9 Å². The highest BCUT2D eigenvalue weighted by atomic mass is 32.2. The normalized spacial score (nSPS) is 11.6. The minimum absolute atomic E-state index is 0. The van der Waals surface area contributed by atoms with E-state index in [1.54, 1.807) is 19.1 Å². The summed E-state index contributed by atoms with van der Waals surface area (Å²) >= 11 is 2.74. The van der Waals surface area contributed by atoms with E-state index in [0.29, 0.717) is 26.4 Å². The van der Waals surface area contributed by atoms with Crippen LogP contribution in [0.1, 0.15) is 21.5 Å². The van der Waals surface area contributed by atoms with E-state index in [1.807, 2.05) is 42.5 Å². The Morgan fingerprint density at radius 2 is 1.48 bits per heavy atom. The van der Waals surface area contributed by atoms with Gasteiger partial charge in [0, 0.05) is 23.1 Å². The van der Waals surface area contributed by atoms with Crippen LogP contribution in [0.3, 0.4) is 0 Å². The largest absolute Gasteiger partial charge is 0.344 e. The van der Waals surface area contributed by atoms with E-state index >= 15 is 0 Å². The Labute approximate surface area is 237 Å². The highest BCUT2D eigenvalue weighted by Gasteiger charge is 2.21. The monoisotopic (exact) mass is 591 g/mol. The van der Waals surface area contributed by atoms with Crippen molar-refractivity contribution in [3.05, 3.63) is 101 Å². The first-order chi connectivity index (χ1) is 18.7. The van der Waals surface area contributed by atoms with Gasteiger partial charge < -0.3 is 6.15 Å². The van der Waals surface area contributed by atoms with Crippen LogP contribution < -0.4 is 6.15 Å². The summed E-state index contributed by atoms with van der Waals surface area (Å²) in [5.74, 6) is -0.454. The Morgan fingerprint density at radius 3 is 2.17 bits per heavy atom. The Kier molecular flexibility index (Phi) is 7.34. The number of benzene rings is 4. The Balaban J connectivity index is 0.00000323. The zero-order valence-corrected chi connectivity index (χ0v) is 23.5. The van der Waals surface area contributed by atoms with Gasteiger partial charge in [-0.3, -0.25) is 9.35 Å². The molecule has 0 saturated carbocycles. The lowest BCUT2D eigenvalue weighted by molar-refractivity contribution is 0.0993. The Bertz CT molecular complexity index is 2000. The average Bonchev–Trinajstić information content (AvgIpc) is 3.52. The van der Waals surface area contributed by atoms with E-state index in [-0.39, 0.29) is 29.1 Å². The molecule has 0 saturated heterocycles. The Hall–Kier alpha value is -3.87. The molecule has 2 aromatic heterocycles. The topological polar surface area (TPSA) is 132 Å². The fraction of sp³-hybridized carbons (Fsp3) is 0.0690. The number of carbonyl (C=O) groups is 1. The maximum Gasteiger partial charge on any atom is 0.296 e. The van der Waals surface area contributed by atoms with Crippen molar-refractivity contribution in [3.8, 4) is 21.1 Å². The number of fused-ring (bicyclic) bond motifs is 2. The predicted molar refractivity (Wildman–Crippen MR) is 158 cm³/mol. The van der Waals surface area contributed by atoms with Crippen molar-refractivity contribution in [2.24, 2.45) is 0 Å². The molecule has 0 bridgehead atoms. The molecule has 4 N–H and O–H groups in total. The molecule has 0 spiro atoms. The summed E-state index contributed by atoms with van der Waals surface area (Å²) in [5.41, 5.74) is 4.87. The van der Waals surface area contributed by atoms with Gasteiger partial charge in [0.2, 0.25) is 0 Å². The van der Waals surface area contributed by atoms with Crippen LogP contribution in [0.5, 0.6) is 0 Å². The highest BCUT2D eigenvalue weighted by Crippen LogP contribution is 2.38. The maximum absolute atomic E-state index is 13.1. The fourth-order valence-corrected chi connectivity index (χ4v) is 7.70. The third kappa shape index (κ3) is 5.29. The number of halogens is 1. The molecule has 0 aliphatic carbocycles. The highest BCUT2D eigenvalue weighted by molar-refractivity contribution is 7.86. The van der Waals surface area contributed by atoms with Crippen molar-refractivity contribution in [1.29, 1.82) is 0 Å². The number of aryl methyl sites for hydroxylation is 1. The summed E-state index contributed by atoms with van der Waals surface area (Å²) in [6, 6.07) is 22.4. The summed E-state index contributed by atoms with van der Waals surface area (Å²) in [4.78, 5) is 21.8. The minimum Gasteiger partial charge on any atom is -0.344 e. The summed E-state index contributed by atoms with van der Waals surface area (Å²) < 4.78 is 48.2. The van der Waals surface area contributed by atoms with Crippen LogP contribution in [0, 0.1) is 12.7 Å². The third-order valence-electron chi connectivity index (χ3n) is 6.33. The molecule has 4 aromatic carbocycles. The van der Waals surface area contributed by atoms with E-state index in [1.165, 1.54) is 46.9 Å². The first-order valence-electron chi connectivity index (χ1n) is 11.8. The molecule has 0 atom stereocenters. The average molecular weight is 592 g/mol. The summed E-state index contributed by atoms with van der Waals surface area (Å²) in [6.45, 7) is 1.64. The predicted octanol–water partition coefficient (Wildman–Crippen LogP) is 7.52. The van der Waals surface area contributed by atoms with Crippen molar-refractivity contribution in [2.45, 2.75) is 18.2 Å². The SMILES string of the molecule is Cc1ccc2nc(-c3ccc4nc(-c5ccc(CC(=O)c6ccc(F)cc6)cc5)sc4c3)sc2c1S(=O)(=O)O.N. The van der Waals surface area contributed by atoms with Crippen LogP contribution in [-0.2, 0) is 16.5 Å². The van der Waals surface area contributed by atoms with E-state index < -0.39 is 10.1 Å². The van der Waals surface area contributed by atoms with Gasteiger partial charge in [-0.2, -0.15) is 8.42 Å². The zero-order valence-electron chi connectivity index (χ0n) is 21.1. The molecule has 6 rings (SSSR count). The van der Waals surface area contributed by atoms with Gasteiger partial charge in [0.05, 0.1) is 20.4 Å². The number of rotatable bonds is 6. The number of Topliss-reactive ketones (excluding diaryl/α,β-unsaturated/α-hetero) is 1. The van der Waals surface area contributed by atoms with Gasteiger partial charge in [0.15, 0.2) is 5.78 Å². The number of hydrogen-bond donors (Lipinski definition) is 2. The molecule has 2 heterocycles. The molecular weight excluding hydrogens is 570 g/mol. The molecule has 11 heteroatoms. The number of aromatic nitrogens is 2. The van der Waals surface area contributed by atoms with Crippen LogP contribution in [0.25, 0.3) is 41.6 Å². The lowest BCUT2D eigenvalue weighted by Gasteiger charge is -2.03. The molecule has 202 valence electrons. The standard InChI is InChI=1S/C29H19FN2O4S3.H3N/c1-16-2-12-23-26(27(16)39(34,35)36)38-29(32-23)20-9-13-22-25(15-20)37-28(31-22)19-5-3-17(4-6-19)14-24(33)18-7-10-21(30)11-8-18;/h2-13,15H,14H2,1H3,(H,34,35,36);1H3.